The van der Waals surface area contributed by atoms with Crippen LogP contribution in [0.2, 0.25) is 0 Å². The molecule has 5 nitrogen and oxygen atoms in total. The van der Waals surface area contributed by atoms with Crippen molar-refractivity contribution in [3.05, 3.63) is 17.8 Å². The highest BCUT2D eigenvalue weighted by Crippen LogP contribution is 2.00. The third-order valence-electron chi connectivity index (χ3n) is 1.51. The standard InChI is InChI=1S/C8H13N3O2/c1-6-11-5-7(13-6)8(12)10-4-2-3-9/h5H,2-4,9H2,1H3,(H,10,12). The van der Waals surface area contributed by atoms with Crippen LogP contribution in [0.3, 0.4) is 0 Å². The molecule has 0 bridgehead atoms. The van der Waals surface area contributed by atoms with Crippen LogP contribution in [-0.2, 0) is 0 Å². The molecule has 0 aliphatic heterocycles. The largest absolute Gasteiger partial charge is 0.436 e. The predicted octanol–water partition coefficient (Wildman–Crippen LogP) is 0.0616. The van der Waals surface area contributed by atoms with Crippen molar-refractivity contribution in [2.45, 2.75) is 13.3 Å². The molecule has 72 valence electrons. The summed E-state index contributed by atoms with van der Waals surface area (Å²) in [7, 11) is 0. The van der Waals surface area contributed by atoms with Gasteiger partial charge in [-0.05, 0) is 13.0 Å². The molecule has 0 fully saturated rings. The number of hydrogen-bond acceptors (Lipinski definition) is 4. The predicted molar refractivity (Wildman–Crippen MR) is 47.2 cm³/mol. The van der Waals surface area contributed by atoms with Gasteiger partial charge in [0.05, 0.1) is 6.20 Å². The molecule has 0 radical (unpaired) electrons. The van der Waals surface area contributed by atoms with E-state index in [2.05, 4.69) is 10.3 Å². The zero-order chi connectivity index (χ0) is 9.68. The Labute approximate surface area is 76.3 Å². The van der Waals surface area contributed by atoms with E-state index in [1.54, 1.807) is 6.92 Å². The first-order valence-electron chi connectivity index (χ1n) is 4.14. The molecule has 0 aliphatic carbocycles. The molecule has 1 rings (SSSR count). The molecular weight excluding hydrogens is 170 g/mol. The Hall–Kier alpha value is -1.36. The lowest BCUT2D eigenvalue weighted by Gasteiger charge is -1.99. The first-order chi connectivity index (χ1) is 6.24. The van der Waals surface area contributed by atoms with Crippen molar-refractivity contribution < 1.29 is 9.21 Å². The molecule has 3 N–H and O–H groups in total. The maximum atomic E-state index is 11.2. The van der Waals surface area contributed by atoms with Gasteiger partial charge in [-0.3, -0.25) is 4.79 Å². The van der Waals surface area contributed by atoms with Crippen LogP contribution in [0.1, 0.15) is 22.9 Å². The van der Waals surface area contributed by atoms with Crippen LogP contribution in [0.15, 0.2) is 10.6 Å². The summed E-state index contributed by atoms with van der Waals surface area (Å²) in [5, 5.41) is 2.66. The highest BCUT2D eigenvalue weighted by atomic mass is 16.4. The van der Waals surface area contributed by atoms with Gasteiger partial charge < -0.3 is 15.5 Å². The Balaban J connectivity index is 2.40. The number of aromatic nitrogens is 1. The minimum atomic E-state index is -0.242. The molecule has 1 heterocycles. The molecule has 0 aliphatic rings. The summed E-state index contributed by atoms with van der Waals surface area (Å²) < 4.78 is 5.02. The number of nitrogens with zero attached hydrogens (tertiary/aromatic N) is 1. The fraction of sp³-hybridized carbons (Fsp3) is 0.500. The van der Waals surface area contributed by atoms with E-state index < -0.39 is 0 Å². The lowest BCUT2D eigenvalue weighted by Crippen LogP contribution is -2.25. The number of carbonyl (C=O) groups is 1. The van der Waals surface area contributed by atoms with E-state index >= 15 is 0 Å². The number of nitrogens with one attached hydrogen (secondary N) is 1. The highest BCUT2D eigenvalue weighted by Gasteiger charge is 2.08. The van der Waals surface area contributed by atoms with Crippen molar-refractivity contribution in [2.24, 2.45) is 5.73 Å². The Morgan fingerprint density at radius 2 is 2.54 bits per heavy atom. The van der Waals surface area contributed by atoms with Gasteiger partial charge in [0.2, 0.25) is 5.76 Å². The average molecular weight is 183 g/mol. The number of oxazole rings is 1. The summed E-state index contributed by atoms with van der Waals surface area (Å²) in [6.45, 7) is 2.82. The van der Waals surface area contributed by atoms with E-state index in [4.69, 9.17) is 10.2 Å². The van der Waals surface area contributed by atoms with Crippen molar-refractivity contribution in [3.8, 4) is 0 Å². The van der Waals surface area contributed by atoms with Crippen molar-refractivity contribution in [2.75, 3.05) is 13.1 Å². The van der Waals surface area contributed by atoms with Gasteiger partial charge >= 0.3 is 0 Å². The summed E-state index contributed by atoms with van der Waals surface area (Å²) in [5.74, 6) is 0.493. The second-order valence-electron chi connectivity index (χ2n) is 2.64. The first-order valence-corrected chi connectivity index (χ1v) is 4.14. The van der Waals surface area contributed by atoms with E-state index in [0.29, 0.717) is 19.0 Å². The molecule has 0 atom stereocenters. The maximum absolute atomic E-state index is 11.2. The van der Waals surface area contributed by atoms with Gasteiger partial charge in [0.1, 0.15) is 0 Å². The van der Waals surface area contributed by atoms with E-state index in [1.165, 1.54) is 6.20 Å². The SMILES string of the molecule is Cc1ncc(C(=O)NCCCN)o1. The lowest BCUT2D eigenvalue weighted by molar-refractivity contribution is 0.0924. The van der Waals surface area contributed by atoms with Gasteiger partial charge in [-0.2, -0.15) is 0 Å². The quantitative estimate of drug-likeness (QED) is 0.647. The van der Waals surface area contributed by atoms with Gasteiger partial charge in [-0.1, -0.05) is 0 Å². The summed E-state index contributed by atoms with van der Waals surface area (Å²) in [4.78, 5) is 15.1. The normalized spacial score (nSPS) is 10.0. The highest BCUT2D eigenvalue weighted by molar-refractivity contribution is 5.91. The van der Waals surface area contributed by atoms with Crippen LogP contribution in [0.4, 0.5) is 0 Å². The minimum Gasteiger partial charge on any atom is -0.436 e. The van der Waals surface area contributed by atoms with E-state index in [9.17, 15) is 4.79 Å². The fourth-order valence-corrected chi connectivity index (χ4v) is 0.857. The van der Waals surface area contributed by atoms with Crippen LogP contribution in [0, 0.1) is 6.92 Å². The summed E-state index contributed by atoms with van der Waals surface area (Å²) in [6.07, 6.45) is 2.17. The number of aryl methyl sites for hydroxylation is 1. The van der Waals surface area contributed by atoms with Crippen molar-refractivity contribution in [3.63, 3.8) is 0 Å². The molecule has 0 aromatic carbocycles. The summed E-state index contributed by atoms with van der Waals surface area (Å²) in [6, 6.07) is 0. The molecule has 0 saturated carbocycles. The second-order valence-corrected chi connectivity index (χ2v) is 2.64. The van der Waals surface area contributed by atoms with Gasteiger partial charge in [-0.15, -0.1) is 0 Å². The number of carbonyl (C=O) groups excluding carboxylic acids is 1. The topological polar surface area (TPSA) is 81.2 Å². The molecule has 1 amide bonds. The van der Waals surface area contributed by atoms with Crippen LogP contribution in [-0.4, -0.2) is 24.0 Å². The first kappa shape index (κ1) is 9.73. The number of rotatable bonds is 4. The van der Waals surface area contributed by atoms with E-state index in [-0.39, 0.29) is 11.7 Å². The molecule has 1 aromatic heterocycles. The Bertz CT molecular complexity index is 283. The van der Waals surface area contributed by atoms with Gasteiger partial charge in [-0.25, -0.2) is 4.98 Å². The third kappa shape index (κ3) is 2.87. The van der Waals surface area contributed by atoms with Crippen molar-refractivity contribution >= 4 is 5.91 Å². The smallest absolute Gasteiger partial charge is 0.288 e. The monoisotopic (exact) mass is 183 g/mol. The molecule has 0 unspecified atom stereocenters. The van der Waals surface area contributed by atoms with Gasteiger partial charge in [0, 0.05) is 13.5 Å². The van der Waals surface area contributed by atoms with Crippen molar-refractivity contribution in [1.82, 2.24) is 10.3 Å². The molecule has 13 heavy (non-hydrogen) atoms. The lowest BCUT2D eigenvalue weighted by atomic mass is 10.4. The van der Waals surface area contributed by atoms with Crippen LogP contribution >= 0.6 is 0 Å². The maximum Gasteiger partial charge on any atom is 0.288 e. The molecule has 1 aromatic rings. The second kappa shape index (κ2) is 4.61. The zero-order valence-electron chi connectivity index (χ0n) is 7.54. The van der Waals surface area contributed by atoms with Crippen molar-refractivity contribution in [1.29, 1.82) is 0 Å². The molecule has 0 spiro atoms. The van der Waals surface area contributed by atoms with E-state index in [1.807, 2.05) is 0 Å². The number of hydrogen-bond donors (Lipinski definition) is 2. The summed E-state index contributed by atoms with van der Waals surface area (Å²) in [5.41, 5.74) is 5.27. The molecule has 0 saturated heterocycles. The van der Waals surface area contributed by atoms with Crippen LogP contribution in [0.5, 0.6) is 0 Å². The van der Waals surface area contributed by atoms with Crippen LogP contribution in [0.25, 0.3) is 0 Å². The Kier molecular flexibility index (Phi) is 3.45. The van der Waals surface area contributed by atoms with Crippen LogP contribution < -0.4 is 11.1 Å². The Morgan fingerprint density at radius 1 is 1.77 bits per heavy atom. The Morgan fingerprint density at radius 3 is 3.08 bits per heavy atom. The summed E-state index contributed by atoms with van der Waals surface area (Å²) >= 11 is 0. The number of nitrogens with two attached hydrogens (primary N) is 1. The number of amides is 1. The van der Waals surface area contributed by atoms with E-state index in [0.717, 1.165) is 6.42 Å². The minimum absolute atomic E-state index is 0.242. The fourth-order valence-electron chi connectivity index (χ4n) is 0.857. The van der Waals surface area contributed by atoms with Gasteiger partial charge in [0.15, 0.2) is 5.89 Å². The molecule has 5 heteroatoms. The zero-order valence-corrected chi connectivity index (χ0v) is 7.54. The van der Waals surface area contributed by atoms with Gasteiger partial charge in [0.25, 0.3) is 5.91 Å². The average Bonchev–Trinajstić information content (AvgIpc) is 2.52. The third-order valence-corrected chi connectivity index (χ3v) is 1.51. The molecular formula is C8H13N3O2.